The molecule has 4 N–H and O–H groups in total. The van der Waals surface area contributed by atoms with Crippen LogP contribution in [0.5, 0.6) is 0 Å². The largest absolute Gasteiger partial charge is 0.480 e. The number of piperidine rings is 1. The summed E-state index contributed by atoms with van der Waals surface area (Å²) < 4.78 is 0. The minimum absolute atomic E-state index is 0.143. The molecular weight excluding hydrogens is 446 g/mol. The van der Waals surface area contributed by atoms with E-state index in [4.69, 9.17) is 0 Å². The molecule has 34 heavy (non-hydrogen) atoms. The molecule has 12 nitrogen and oxygen atoms in total. The Hall–Kier alpha value is -1.83. The zero-order valence-corrected chi connectivity index (χ0v) is 20.1. The summed E-state index contributed by atoms with van der Waals surface area (Å²) in [6.45, 7) is 6.05. The van der Waals surface area contributed by atoms with Gasteiger partial charge in [-0.2, -0.15) is 0 Å². The van der Waals surface area contributed by atoms with Crippen molar-refractivity contribution >= 4 is 17.9 Å². The molecule has 1 unspecified atom stereocenters. The van der Waals surface area contributed by atoms with Crippen LogP contribution in [0, 0.1) is 0 Å². The zero-order chi connectivity index (χ0) is 24.9. The van der Waals surface area contributed by atoms with E-state index in [0.717, 1.165) is 25.9 Å². The molecule has 2 aliphatic rings. The number of aliphatic carboxylic acids is 3. The van der Waals surface area contributed by atoms with E-state index in [1.807, 2.05) is 0 Å². The second kappa shape index (κ2) is 15.2. The number of carboxylic acid groups (broad SMARTS) is 3. The maximum Gasteiger partial charge on any atom is 0.317 e. The van der Waals surface area contributed by atoms with Crippen molar-refractivity contribution in [3.05, 3.63) is 0 Å². The minimum atomic E-state index is -0.976. The fourth-order valence-electron chi connectivity index (χ4n) is 4.61. The van der Waals surface area contributed by atoms with Crippen molar-refractivity contribution in [2.75, 3.05) is 98.2 Å². The van der Waals surface area contributed by atoms with Crippen LogP contribution in [0.1, 0.15) is 19.3 Å². The van der Waals surface area contributed by atoms with Crippen LogP contribution in [0.4, 0.5) is 0 Å². The third-order valence-electron chi connectivity index (χ3n) is 6.39. The average molecular weight is 488 g/mol. The van der Waals surface area contributed by atoms with Crippen LogP contribution in [-0.4, -0.2) is 167 Å². The van der Waals surface area contributed by atoms with Crippen LogP contribution in [-0.2, 0) is 14.4 Å². The van der Waals surface area contributed by atoms with Gasteiger partial charge in [0, 0.05) is 65.4 Å². The molecule has 12 heteroatoms. The zero-order valence-electron chi connectivity index (χ0n) is 20.1. The van der Waals surface area contributed by atoms with Gasteiger partial charge in [0.05, 0.1) is 25.7 Å². The number of aliphatic hydroxyl groups is 1. The molecule has 0 radical (unpaired) electrons. The van der Waals surface area contributed by atoms with E-state index in [1.54, 1.807) is 14.7 Å². The molecule has 2 saturated heterocycles. The molecule has 1 atom stereocenters. The van der Waals surface area contributed by atoms with Crippen molar-refractivity contribution in [3.63, 3.8) is 0 Å². The van der Waals surface area contributed by atoms with Crippen LogP contribution >= 0.6 is 0 Å². The summed E-state index contributed by atoms with van der Waals surface area (Å²) in [6, 6.07) is 0. The van der Waals surface area contributed by atoms with Gasteiger partial charge >= 0.3 is 17.9 Å². The highest BCUT2D eigenvalue weighted by atomic mass is 16.4. The monoisotopic (exact) mass is 487 g/mol. The Balaban J connectivity index is 2.05. The van der Waals surface area contributed by atoms with E-state index in [1.165, 1.54) is 6.42 Å². The van der Waals surface area contributed by atoms with Crippen molar-refractivity contribution in [3.8, 4) is 0 Å². The minimum Gasteiger partial charge on any atom is -0.480 e. The Bertz CT molecular complexity index is 615. The maximum absolute atomic E-state index is 11.4. The van der Waals surface area contributed by atoms with E-state index >= 15 is 0 Å². The average Bonchev–Trinajstić information content (AvgIpc) is 2.75. The lowest BCUT2D eigenvalue weighted by Crippen LogP contribution is -2.50. The standard InChI is InChI=1S/C22H41N5O7/c28-19(14-23-4-2-1-3-5-23)15-24-6-8-25(16-20(29)30)10-12-27(18-22(33)34)13-11-26(9-7-24)17-21(31)32/h19,28H,1-18H2,(H,29,30)(H,31,32)(H,33,34). The quantitative estimate of drug-likeness (QED) is 0.279. The fraction of sp³-hybridized carbons (Fsp3) is 0.864. The first kappa shape index (κ1) is 28.4. The molecule has 2 fully saturated rings. The number of carboxylic acids is 3. The molecule has 0 bridgehead atoms. The molecule has 2 rings (SSSR count). The van der Waals surface area contributed by atoms with Crippen molar-refractivity contribution in [1.29, 1.82) is 0 Å². The van der Waals surface area contributed by atoms with E-state index < -0.39 is 24.0 Å². The number of hydrogen-bond donors (Lipinski definition) is 4. The van der Waals surface area contributed by atoms with Gasteiger partial charge in [0.2, 0.25) is 0 Å². The third kappa shape index (κ3) is 12.0. The number of hydrogen-bond acceptors (Lipinski definition) is 9. The summed E-state index contributed by atoms with van der Waals surface area (Å²) in [6.07, 6.45) is 2.97. The summed E-state index contributed by atoms with van der Waals surface area (Å²) >= 11 is 0. The normalized spacial score (nSPS) is 22.5. The van der Waals surface area contributed by atoms with Crippen molar-refractivity contribution in [2.45, 2.75) is 25.4 Å². The van der Waals surface area contributed by atoms with Crippen molar-refractivity contribution < 1.29 is 34.8 Å². The number of nitrogens with zero attached hydrogens (tertiary/aromatic N) is 5. The first-order valence-corrected chi connectivity index (χ1v) is 12.2. The van der Waals surface area contributed by atoms with Gasteiger partial charge in [0.1, 0.15) is 0 Å². The highest BCUT2D eigenvalue weighted by molar-refractivity contribution is 5.69. The van der Waals surface area contributed by atoms with E-state index in [0.29, 0.717) is 65.4 Å². The van der Waals surface area contributed by atoms with Gasteiger partial charge in [0.15, 0.2) is 0 Å². The molecule has 0 aromatic carbocycles. The van der Waals surface area contributed by atoms with Crippen LogP contribution in [0.25, 0.3) is 0 Å². The SMILES string of the molecule is O=C(O)CN1CCN(CC(=O)O)CCN(CC(O)CN2CCCCC2)CCN(CC(=O)O)CC1. The predicted molar refractivity (Wildman–Crippen MR) is 125 cm³/mol. The van der Waals surface area contributed by atoms with Gasteiger partial charge in [-0.05, 0) is 25.9 Å². The number of rotatable bonds is 10. The van der Waals surface area contributed by atoms with E-state index in [-0.39, 0.29) is 19.6 Å². The topological polar surface area (TPSA) is 148 Å². The summed E-state index contributed by atoms with van der Waals surface area (Å²) in [5, 5.41) is 38.6. The second-order valence-electron chi connectivity index (χ2n) is 9.33. The lowest BCUT2D eigenvalue weighted by Gasteiger charge is -2.35. The number of β-amino-alcohol motifs (C(OH)–C–C–N with tert-alkyl or cyclic N) is 1. The van der Waals surface area contributed by atoms with Gasteiger partial charge < -0.3 is 25.3 Å². The highest BCUT2D eigenvalue weighted by Gasteiger charge is 2.22. The van der Waals surface area contributed by atoms with E-state index in [9.17, 15) is 34.8 Å². The number of likely N-dealkylation sites (tertiary alicyclic amines) is 1. The lowest BCUT2D eigenvalue weighted by molar-refractivity contribution is -0.140. The number of carbonyl (C=O) groups is 3. The summed E-state index contributed by atoms with van der Waals surface area (Å²) in [7, 11) is 0. The molecule has 2 aliphatic heterocycles. The van der Waals surface area contributed by atoms with Gasteiger partial charge in [-0.15, -0.1) is 0 Å². The molecule has 0 saturated carbocycles. The van der Waals surface area contributed by atoms with Gasteiger partial charge in [-0.25, -0.2) is 0 Å². The van der Waals surface area contributed by atoms with Gasteiger partial charge in [-0.3, -0.25) is 34.0 Å². The van der Waals surface area contributed by atoms with Crippen LogP contribution in [0.15, 0.2) is 0 Å². The fourth-order valence-corrected chi connectivity index (χ4v) is 4.61. The molecule has 0 aromatic heterocycles. The highest BCUT2D eigenvalue weighted by Crippen LogP contribution is 2.10. The summed E-state index contributed by atoms with van der Waals surface area (Å²) in [5.41, 5.74) is 0. The Morgan fingerprint density at radius 2 is 0.794 bits per heavy atom. The molecule has 2 heterocycles. The Morgan fingerprint density at radius 3 is 1.12 bits per heavy atom. The summed E-state index contributed by atoms with van der Waals surface area (Å²) in [5.74, 6) is -2.86. The van der Waals surface area contributed by atoms with Gasteiger partial charge in [-0.1, -0.05) is 6.42 Å². The predicted octanol–water partition coefficient (Wildman–Crippen LogP) is -1.69. The van der Waals surface area contributed by atoms with Gasteiger partial charge in [0.25, 0.3) is 0 Å². The molecule has 196 valence electrons. The summed E-state index contributed by atoms with van der Waals surface area (Å²) in [4.78, 5) is 43.6. The number of aliphatic hydroxyl groups excluding tert-OH is 1. The molecule has 0 aliphatic carbocycles. The van der Waals surface area contributed by atoms with Crippen molar-refractivity contribution in [1.82, 2.24) is 24.5 Å². The Morgan fingerprint density at radius 1 is 0.500 bits per heavy atom. The van der Waals surface area contributed by atoms with E-state index in [2.05, 4.69) is 9.80 Å². The van der Waals surface area contributed by atoms with Crippen LogP contribution in [0.2, 0.25) is 0 Å². The maximum atomic E-state index is 11.4. The Kier molecular flexibility index (Phi) is 12.7. The smallest absolute Gasteiger partial charge is 0.317 e. The molecule has 0 amide bonds. The van der Waals surface area contributed by atoms with Crippen LogP contribution in [0.3, 0.4) is 0 Å². The second-order valence-corrected chi connectivity index (χ2v) is 9.33. The molecule has 0 spiro atoms. The van der Waals surface area contributed by atoms with Crippen molar-refractivity contribution in [2.24, 2.45) is 0 Å². The third-order valence-corrected chi connectivity index (χ3v) is 6.39. The Labute approximate surface area is 201 Å². The first-order chi connectivity index (χ1) is 16.2. The first-order valence-electron chi connectivity index (χ1n) is 12.2. The lowest BCUT2D eigenvalue weighted by atomic mass is 10.1. The van der Waals surface area contributed by atoms with Crippen LogP contribution < -0.4 is 0 Å². The molecule has 0 aromatic rings. The molecular formula is C22H41N5O7.